The summed E-state index contributed by atoms with van der Waals surface area (Å²) in [6.45, 7) is 17.7. The quantitative estimate of drug-likeness (QED) is 0.225. The predicted molar refractivity (Wildman–Crippen MR) is 153 cm³/mol. The summed E-state index contributed by atoms with van der Waals surface area (Å²) < 4.78 is 16.6. The molecule has 0 aromatic heterocycles. The molecular weight excluding hydrogens is 492 g/mol. The molecule has 0 spiro atoms. The Bertz CT molecular complexity index is 990. The minimum Gasteiger partial charge on any atom is -0.462 e. The van der Waals surface area contributed by atoms with Gasteiger partial charge < -0.3 is 14.2 Å². The standard InChI is InChI=1S/C33H50O6/c1-20(2)31(38-24(6)35)16-11-21(3)29-14-15-30-26(10-9-17-33(29,30)8)12-13-27-18-28(37-23(5)34)19-32(22(27)4)39-25(7)36/h12-13,20-21,28-32H,4,9-11,14-19H2,1-3,5-8H3/b26-12?,27-13-/t21-,28+,29-,30?,31?,32-,33-/m1/s1. The van der Waals surface area contributed by atoms with E-state index in [2.05, 4.69) is 46.4 Å². The molecule has 0 aromatic carbocycles. The Balaban J connectivity index is 1.75. The predicted octanol–water partition coefficient (Wildman–Crippen LogP) is 7.27. The summed E-state index contributed by atoms with van der Waals surface area (Å²) in [5.41, 5.74) is 3.55. The fourth-order valence-corrected chi connectivity index (χ4v) is 7.66. The van der Waals surface area contributed by atoms with Crippen molar-refractivity contribution in [1.82, 2.24) is 0 Å². The van der Waals surface area contributed by atoms with E-state index < -0.39 is 6.10 Å². The van der Waals surface area contributed by atoms with Crippen LogP contribution in [0.2, 0.25) is 0 Å². The van der Waals surface area contributed by atoms with Gasteiger partial charge in [-0.15, -0.1) is 0 Å². The smallest absolute Gasteiger partial charge is 0.303 e. The van der Waals surface area contributed by atoms with Gasteiger partial charge in [-0.1, -0.05) is 52.0 Å². The molecule has 0 heterocycles. The highest BCUT2D eigenvalue weighted by Gasteiger charge is 2.50. The van der Waals surface area contributed by atoms with Crippen LogP contribution < -0.4 is 0 Å². The van der Waals surface area contributed by atoms with Gasteiger partial charge in [-0.05, 0) is 85.2 Å². The average molecular weight is 543 g/mol. The zero-order valence-electron chi connectivity index (χ0n) is 25.2. The molecule has 0 radical (unpaired) electrons. The number of rotatable bonds is 9. The summed E-state index contributed by atoms with van der Waals surface area (Å²) in [6, 6.07) is 0. The topological polar surface area (TPSA) is 78.9 Å². The molecule has 0 bridgehead atoms. The van der Waals surface area contributed by atoms with Crippen LogP contribution >= 0.6 is 0 Å². The van der Waals surface area contributed by atoms with E-state index in [4.69, 9.17) is 14.2 Å². The van der Waals surface area contributed by atoms with Gasteiger partial charge in [0, 0.05) is 33.6 Å². The van der Waals surface area contributed by atoms with Crippen molar-refractivity contribution >= 4 is 17.9 Å². The lowest BCUT2D eigenvalue weighted by molar-refractivity contribution is -0.152. The number of carbonyl (C=O) groups excluding carboxylic acids is 3. The maximum absolute atomic E-state index is 11.7. The first-order valence-corrected chi connectivity index (χ1v) is 14.9. The van der Waals surface area contributed by atoms with E-state index in [9.17, 15) is 14.4 Å². The van der Waals surface area contributed by atoms with Crippen molar-refractivity contribution in [1.29, 1.82) is 0 Å². The number of fused-ring (bicyclic) bond motifs is 1. The SMILES string of the molecule is C=C1/C(=C\C=C2CCC[C@@]3(C)C2CC[C@@H]3[C@H](C)CCC(OC(C)=O)C(C)C)C[C@H](OC(C)=O)C[C@H]1OC(C)=O. The summed E-state index contributed by atoms with van der Waals surface area (Å²) in [5, 5.41) is 0. The molecule has 7 atom stereocenters. The van der Waals surface area contributed by atoms with E-state index >= 15 is 0 Å². The van der Waals surface area contributed by atoms with Crippen molar-refractivity contribution in [3.8, 4) is 0 Å². The first-order valence-electron chi connectivity index (χ1n) is 14.9. The molecule has 3 rings (SSSR count). The van der Waals surface area contributed by atoms with Crippen LogP contribution in [-0.4, -0.2) is 36.2 Å². The molecule has 0 saturated heterocycles. The van der Waals surface area contributed by atoms with E-state index in [0.717, 1.165) is 30.4 Å². The van der Waals surface area contributed by atoms with Gasteiger partial charge in [0.25, 0.3) is 0 Å². The fourth-order valence-electron chi connectivity index (χ4n) is 7.66. The van der Waals surface area contributed by atoms with Gasteiger partial charge in [-0.25, -0.2) is 0 Å². The van der Waals surface area contributed by atoms with Crippen molar-refractivity contribution in [2.75, 3.05) is 0 Å². The second kappa shape index (κ2) is 13.3. The molecule has 218 valence electrons. The van der Waals surface area contributed by atoms with Crippen LogP contribution in [0.15, 0.2) is 35.5 Å². The molecule has 3 fully saturated rings. The lowest BCUT2D eigenvalue weighted by Crippen LogP contribution is -2.36. The summed E-state index contributed by atoms with van der Waals surface area (Å²) in [5.74, 6) is 1.22. The second-order valence-corrected chi connectivity index (χ2v) is 12.8. The number of carbonyl (C=O) groups is 3. The van der Waals surface area contributed by atoms with Gasteiger partial charge in [-0.3, -0.25) is 14.4 Å². The molecule has 6 nitrogen and oxygen atoms in total. The van der Waals surface area contributed by atoms with E-state index in [-0.39, 0.29) is 35.5 Å². The molecule has 0 N–H and O–H groups in total. The third-order valence-corrected chi connectivity index (χ3v) is 9.56. The van der Waals surface area contributed by atoms with Crippen molar-refractivity contribution in [3.05, 3.63) is 35.5 Å². The molecule has 0 aromatic rings. The van der Waals surface area contributed by atoms with Crippen LogP contribution in [0.4, 0.5) is 0 Å². The van der Waals surface area contributed by atoms with Crippen molar-refractivity contribution in [2.24, 2.45) is 29.1 Å². The molecule has 39 heavy (non-hydrogen) atoms. The summed E-state index contributed by atoms with van der Waals surface area (Å²) in [7, 11) is 0. The Hall–Kier alpha value is -2.37. The number of hydrogen-bond donors (Lipinski definition) is 0. The first-order chi connectivity index (χ1) is 18.3. The second-order valence-electron chi connectivity index (χ2n) is 12.8. The first kappa shape index (κ1) is 31.2. The number of hydrogen-bond acceptors (Lipinski definition) is 6. The third-order valence-electron chi connectivity index (χ3n) is 9.56. The highest BCUT2D eigenvalue weighted by molar-refractivity contribution is 5.67. The summed E-state index contributed by atoms with van der Waals surface area (Å²) in [4.78, 5) is 34.9. The molecule has 6 heteroatoms. The lowest BCUT2D eigenvalue weighted by atomic mass is 9.60. The third kappa shape index (κ3) is 7.85. The molecule has 3 saturated carbocycles. The number of esters is 3. The van der Waals surface area contributed by atoms with Crippen LogP contribution in [0.1, 0.15) is 106 Å². The Labute approximate surface area is 235 Å². The van der Waals surface area contributed by atoms with Crippen LogP contribution in [0.25, 0.3) is 0 Å². The van der Waals surface area contributed by atoms with Crippen molar-refractivity contribution < 1.29 is 28.6 Å². The zero-order chi connectivity index (χ0) is 28.9. The van der Waals surface area contributed by atoms with Gasteiger partial charge in [-0.2, -0.15) is 0 Å². The van der Waals surface area contributed by atoms with E-state index in [1.807, 2.05) is 0 Å². The van der Waals surface area contributed by atoms with Crippen LogP contribution in [0, 0.1) is 29.1 Å². The summed E-state index contributed by atoms with van der Waals surface area (Å²) >= 11 is 0. The Morgan fingerprint density at radius 3 is 2.31 bits per heavy atom. The minimum atomic E-state index is -0.472. The lowest BCUT2D eigenvalue weighted by Gasteiger charge is -2.44. The van der Waals surface area contributed by atoms with Crippen LogP contribution in [0.3, 0.4) is 0 Å². The highest BCUT2D eigenvalue weighted by atomic mass is 16.6. The molecule has 0 amide bonds. The monoisotopic (exact) mass is 542 g/mol. The van der Waals surface area contributed by atoms with Crippen molar-refractivity contribution in [3.63, 3.8) is 0 Å². The minimum absolute atomic E-state index is 0.0152. The Morgan fingerprint density at radius 1 is 1.00 bits per heavy atom. The molecule has 3 aliphatic rings. The number of allylic oxidation sites excluding steroid dienone is 3. The Kier molecular flexibility index (Phi) is 10.6. The van der Waals surface area contributed by atoms with E-state index in [0.29, 0.717) is 36.5 Å². The van der Waals surface area contributed by atoms with Gasteiger partial charge in [0.2, 0.25) is 0 Å². The fraction of sp³-hybridized carbons (Fsp3) is 0.727. The van der Waals surface area contributed by atoms with Gasteiger partial charge in [0.1, 0.15) is 18.3 Å². The van der Waals surface area contributed by atoms with Gasteiger partial charge in [0.15, 0.2) is 0 Å². The van der Waals surface area contributed by atoms with Crippen molar-refractivity contribution in [2.45, 2.75) is 125 Å². The van der Waals surface area contributed by atoms with Gasteiger partial charge in [0.05, 0.1) is 0 Å². The average Bonchev–Trinajstić information content (AvgIpc) is 3.19. The maximum Gasteiger partial charge on any atom is 0.303 e. The molecule has 0 aliphatic heterocycles. The van der Waals surface area contributed by atoms with E-state index in [1.54, 1.807) is 0 Å². The zero-order valence-corrected chi connectivity index (χ0v) is 25.2. The van der Waals surface area contributed by atoms with E-state index in [1.165, 1.54) is 52.0 Å². The Morgan fingerprint density at radius 2 is 1.69 bits per heavy atom. The largest absolute Gasteiger partial charge is 0.462 e. The normalized spacial score (nSPS) is 32.6. The number of ether oxygens (including phenoxy) is 3. The molecule has 2 unspecified atom stereocenters. The summed E-state index contributed by atoms with van der Waals surface area (Å²) in [6.07, 6.45) is 12.6. The van der Waals surface area contributed by atoms with Gasteiger partial charge >= 0.3 is 17.9 Å². The maximum atomic E-state index is 11.7. The molecular formula is C33H50O6. The molecule has 3 aliphatic carbocycles. The van der Waals surface area contributed by atoms with Crippen LogP contribution in [0.5, 0.6) is 0 Å². The van der Waals surface area contributed by atoms with Crippen LogP contribution in [-0.2, 0) is 28.6 Å². The highest BCUT2D eigenvalue weighted by Crippen LogP contribution is 2.60.